The molecule has 0 saturated carbocycles. The van der Waals surface area contributed by atoms with Crippen molar-refractivity contribution in [2.24, 2.45) is 0 Å². The number of rotatable bonds is 3. The molecule has 0 radical (unpaired) electrons. The van der Waals surface area contributed by atoms with Crippen molar-refractivity contribution in [1.82, 2.24) is 0 Å². The monoisotopic (exact) mass is 280 g/mol. The normalized spacial score (nSPS) is 17.3. The van der Waals surface area contributed by atoms with Crippen LogP contribution in [0.3, 0.4) is 0 Å². The summed E-state index contributed by atoms with van der Waals surface area (Å²) in [5, 5.41) is 0. The minimum atomic E-state index is -0.109. The lowest BCUT2D eigenvalue weighted by atomic mass is 9.92. The Hall–Kier alpha value is -1.93. The van der Waals surface area contributed by atoms with Crippen LogP contribution in [0.4, 0.5) is 0 Å². The van der Waals surface area contributed by atoms with E-state index in [0.717, 1.165) is 23.1 Å². The van der Waals surface area contributed by atoms with Crippen LogP contribution in [0.2, 0.25) is 0 Å². The van der Waals surface area contributed by atoms with Crippen LogP contribution >= 0.6 is 0 Å². The highest BCUT2D eigenvalue weighted by Crippen LogP contribution is 2.31. The molecule has 0 aromatic heterocycles. The third-order valence-corrected chi connectivity index (χ3v) is 4.16. The lowest BCUT2D eigenvalue weighted by molar-refractivity contribution is 0.0352. The standard InChI is InChI=1S/C19H20O2/c1-13-7-8-14(2)17(11-13)18(20)12-19-16-6-4-3-5-15(16)9-10-21-19/h3-8,11,19H,9-10,12H2,1-2H3. The van der Waals surface area contributed by atoms with Crippen LogP contribution in [0, 0.1) is 13.8 Å². The van der Waals surface area contributed by atoms with E-state index in [0.29, 0.717) is 13.0 Å². The molecule has 2 aromatic carbocycles. The number of fused-ring (bicyclic) bond motifs is 1. The summed E-state index contributed by atoms with van der Waals surface area (Å²) in [6, 6.07) is 14.3. The topological polar surface area (TPSA) is 26.3 Å². The molecule has 0 saturated heterocycles. The van der Waals surface area contributed by atoms with Crippen molar-refractivity contribution in [1.29, 1.82) is 0 Å². The summed E-state index contributed by atoms with van der Waals surface area (Å²) in [6.45, 7) is 4.70. The number of carbonyl (C=O) groups is 1. The molecule has 0 fully saturated rings. The van der Waals surface area contributed by atoms with E-state index in [1.807, 2.05) is 44.2 Å². The summed E-state index contributed by atoms with van der Waals surface area (Å²) in [5.74, 6) is 0.165. The number of aryl methyl sites for hydroxylation is 2. The molecule has 0 amide bonds. The number of ketones is 1. The highest BCUT2D eigenvalue weighted by atomic mass is 16.5. The second-order valence-corrected chi connectivity index (χ2v) is 5.75. The minimum absolute atomic E-state index is 0.109. The summed E-state index contributed by atoms with van der Waals surface area (Å²) < 4.78 is 5.85. The summed E-state index contributed by atoms with van der Waals surface area (Å²) in [4.78, 5) is 12.6. The molecule has 0 spiro atoms. The fourth-order valence-corrected chi connectivity index (χ4v) is 2.96. The molecule has 0 N–H and O–H groups in total. The Morgan fingerprint density at radius 3 is 2.86 bits per heavy atom. The maximum atomic E-state index is 12.6. The second-order valence-electron chi connectivity index (χ2n) is 5.75. The van der Waals surface area contributed by atoms with Gasteiger partial charge in [0.25, 0.3) is 0 Å². The van der Waals surface area contributed by atoms with Gasteiger partial charge in [-0.15, -0.1) is 0 Å². The Bertz CT molecular complexity index is 673. The zero-order valence-corrected chi connectivity index (χ0v) is 12.6. The van der Waals surface area contributed by atoms with Gasteiger partial charge in [-0.05, 0) is 43.0 Å². The molecule has 0 aliphatic carbocycles. The fourth-order valence-electron chi connectivity index (χ4n) is 2.96. The van der Waals surface area contributed by atoms with Crippen molar-refractivity contribution in [3.63, 3.8) is 0 Å². The average molecular weight is 280 g/mol. The van der Waals surface area contributed by atoms with Crippen LogP contribution in [0.15, 0.2) is 42.5 Å². The molecule has 1 atom stereocenters. The van der Waals surface area contributed by atoms with Gasteiger partial charge in [0, 0.05) is 12.0 Å². The first-order chi connectivity index (χ1) is 10.1. The van der Waals surface area contributed by atoms with E-state index >= 15 is 0 Å². The third kappa shape index (κ3) is 2.91. The number of Topliss-reactive ketones (excluding diaryl/α,β-unsaturated/α-hetero) is 1. The molecule has 1 unspecified atom stereocenters. The molecule has 21 heavy (non-hydrogen) atoms. The number of benzene rings is 2. The van der Waals surface area contributed by atoms with Gasteiger partial charge in [0.05, 0.1) is 12.7 Å². The Labute approximate surface area is 125 Å². The van der Waals surface area contributed by atoms with Gasteiger partial charge in [0.15, 0.2) is 5.78 Å². The minimum Gasteiger partial charge on any atom is -0.373 e. The quantitative estimate of drug-likeness (QED) is 0.788. The zero-order valence-electron chi connectivity index (χ0n) is 12.6. The molecule has 108 valence electrons. The van der Waals surface area contributed by atoms with Gasteiger partial charge >= 0.3 is 0 Å². The van der Waals surface area contributed by atoms with E-state index < -0.39 is 0 Å². The third-order valence-electron chi connectivity index (χ3n) is 4.16. The van der Waals surface area contributed by atoms with Crippen molar-refractivity contribution < 1.29 is 9.53 Å². The number of ether oxygens (including phenoxy) is 1. The summed E-state index contributed by atoms with van der Waals surface area (Å²) in [7, 11) is 0. The predicted octanol–water partition coefficient (Wildman–Crippen LogP) is 4.19. The van der Waals surface area contributed by atoms with E-state index in [1.54, 1.807) is 0 Å². The van der Waals surface area contributed by atoms with Crippen LogP contribution in [0.5, 0.6) is 0 Å². The lowest BCUT2D eigenvalue weighted by Gasteiger charge is -2.25. The average Bonchev–Trinajstić information content (AvgIpc) is 2.50. The lowest BCUT2D eigenvalue weighted by Crippen LogP contribution is -2.19. The van der Waals surface area contributed by atoms with Crippen molar-refractivity contribution in [3.8, 4) is 0 Å². The Morgan fingerprint density at radius 2 is 2.00 bits per heavy atom. The number of carbonyl (C=O) groups excluding carboxylic acids is 1. The summed E-state index contributed by atoms with van der Waals surface area (Å²) in [5.41, 5.74) is 5.45. The van der Waals surface area contributed by atoms with E-state index in [4.69, 9.17) is 4.74 Å². The maximum absolute atomic E-state index is 12.6. The Morgan fingerprint density at radius 1 is 1.19 bits per heavy atom. The van der Waals surface area contributed by atoms with E-state index in [2.05, 4.69) is 12.1 Å². The smallest absolute Gasteiger partial charge is 0.166 e. The van der Waals surface area contributed by atoms with Crippen LogP contribution in [0.1, 0.15) is 45.1 Å². The largest absolute Gasteiger partial charge is 0.373 e. The van der Waals surface area contributed by atoms with Crippen molar-refractivity contribution in [2.45, 2.75) is 32.8 Å². The molecule has 0 bridgehead atoms. The zero-order chi connectivity index (χ0) is 14.8. The van der Waals surface area contributed by atoms with E-state index in [-0.39, 0.29) is 11.9 Å². The van der Waals surface area contributed by atoms with Gasteiger partial charge in [-0.2, -0.15) is 0 Å². The van der Waals surface area contributed by atoms with E-state index in [1.165, 1.54) is 11.1 Å². The molecule has 3 rings (SSSR count). The van der Waals surface area contributed by atoms with Gasteiger partial charge in [-0.3, -0.25) is 4.79 Å². The number of hydrogen-bond donors (Lipinski definition) is 0. The first-order valence-electron chi connectivity index (χ1n) is 7.45. The first kappa shape index (κ1) is 14.0. The summed E-state index contributed by atoms with van der Waals surface area (Å²) in [6.07, 6.45) is 1.24. The van der Waals surface area contributed by atoms with Gasteiger partial charge in [0.2, 0.25) is 0 Å². The van der Waals surface area contributed by atoms with Gasteiger partial charge < -0.3 is 4.74 Å². The Kier molecular flexibility index (Phi) is 3.89. The maximum Gasteiger partial charge on any atom is 0.166 e. The van der Waals surface area contributed by atoms with Gasteiger partial charge in [-0.25, -0.2) is 0 Å². The highest BCUT2D eigenvalue weighted by molar-refractivity contribution is 5.98. The molecule has 2 heteroatoms. The second kappa shape index (κ2) is 5.82. The van der Waals surface area contributed by atoms with E-state index in [9.17, 15) is 4.79 Å². The Balaban J connectivity index is 1.84. The predicted molar refractivity (Wildman–Crippen MR) is 83.7 cm³/mol. The first-order valence-corrected chi connectivity index (χ1v) is 7.45. The van der Waals surface area contributed by atoms with Crippen molar-refractivity contribution >= 4 is 5.78 Å². The SMILES string of the molecule is Cc1ccc(C)c(C(=O)CC2OCCc3ccccc32)c1. The van der Waals surface area contributed by atoms with Crippen LogP contribution < -0.4 is 0 Å². The van der Waals surface area contributed by atoms with Crippen LogP contribution in [0.25, 0.3) is 0 Å². The molecule has 1 heterocycles. The van der Waals surface area contributed by atoms with Crippen molar-refractivity contribution in [3.05, 3.63) is 70.3 Å². The highest BCUT2D eigenvalue weighted by Gasteiger charge is 2.24. The van der Waals surface area contributed by atoms with Gasteiger partial charge in [-0.1, -0.05) is 42.0 Å². The molecular weight excluding hydrogens is 260 g/mol. The number of hydrogen-bond acceptors (Lipinski definition) is 2. The summed E-state index contributed by atoms with van der Waals surface area (Å²) >= 11 is 0. The molecule has 2 nitrogen and oxygen atoms in total. The molecule has 1 aliphatic rings. The molecule has 1 aliphatic heterocycles. The molecular formula is C19H20O2. The fraction of sp³-hybridized carbons (Fsp3) is 0.316. The van der Waals surface area contributed by atoms with Crippen LogP contribution in [-0.2, 0) is 11.2 Å². The van der Waals surface area contributed by atoms with Crippen LogP contribution in [-0.4, -0.2) is 12.4 Å². The van der Waals surface area contributed by atoms with Crippen molar-refractivity contribution in [2.75, 3.05) is 6.61 Å². The van der Waals surface area contributed by atoms with Gasteiger partial charge in [0.1, 0.15) is 0 Å². The molecule has 2 aromatic rings.